The number of carbonyl (C=O) groups is 1. The number of Topliss-reactive ketones (excluding diaryl/α,β-unsaturated/α-hetero) is 1. The van der Waals surface area contributed by atoms with Gasteiger partial charge in [-0.3, -0.25) is 4.79 Å². The quantitative estimate of drug-likeness (QED) is 0.105. The number of fused-ring (bicyclic) bond motifs is 1. The number of aliphatic hydroxyl groups is 1. The van der Waals surface area contributed by atoms with E-state index in [9.17, 15) is 9.90 Å². The lowest BCUT2D eigenvalue weighted by atomic mass is 9.88. The number of allylic oxidation sites excluding steroid dienone is 2. The summed E-state index contributed by atoms with van der Waals surface area (Å²) in [6, 6.07) is 7.25. The Hall–Kier alpha value is -3.22. The number of nitrogens with zero attached hydrogens (tertiary/aromatic N) is 3. The number of aromatic nitrogens is 1. The fraction of sp³-hybridized carbons (Fsp3) is 0.588. The summed E-state index contributed by atoms with van der Waals surface area (Å²) < 4.78 is 13.7. The minimum atomic E-state index is -0.372. The molecule has 7 heteroatoms. The Kier molecular flexibility index (Phi) is 12.2. The molecule has 0 fully saturated rings. The minimum Gasteiger partial charge on any atom is -0.506 e. The molecule has 4 rings (SSSR count). The van der Waals surface area contributed by atoms with E-state index < -0.39 is 0 Å². The highest BCUT2D eigenvalue weighted by Gasteiger charge is 2.43. The summed E-state index contributed by atoms with van der Waals surface area (Å²) in [6.45, 7) is 6.02. The van der Waals surface area contributed by atoms with Crippen LogP contribution in [0.15, 0.2) is 50.9 Å². The minimum absolute atomic E-state index is 0.0662. The number of carbonyl (C=O) groups excluding carboxylic acids is 1. The molecule has 1 aromatic heterocycles. The molecule has 7 nitrogen and oxygen atoms in total. The average Bonchev–Trinajstić information content (AvgIpc) is 3.62. The van der Waals surface area contributed by atoms with E-state index in [4.69, 9.17) is 9.15 Å². The highest BCUT2D eigenvalue weighted by molar-refractivity contribution is 6.39. The number of hydrogen-bond donors (Lipinski definition) is 1. The van der Waals surface area contributed by atoms with Crippen LogP contribution < -0.4 is 0 Å². The van der Waals surface area contributed by atoms with Crippen molar-refractivity contribution in [3.8, 4) is 0 Å². The molecule has 41 heavy (non-hydrogen) atoms. The standard InChI is InChI=1S/C34H47N3O4/c1-3-5-6-7-8-9-10-11-12-13-14-15-16-17-18-21-24-37(4-2)28-25-35-33(41-28)29-31(38)30(32(29)39)34-36-26-22-19-20-23-27(26)40-34/h19-20,22-23,25H,3-18,21,24H2,1-2H3/p+1/b37-28-. The second-order valence-corrected chi connectivity index (χ2v) is 11.3. The molecule has 0 unspecified atom stereocenters. The Bertz CT molecular complexity index is 1250. The van der Waals surface area contributed by atoms with Crippen LogP contribution >= 0.6 is 0 Å². The van der Waals surface area contributed by atoms with Gasteiger partial charge in [-0.05, 0) is 25.5 Å². The van der Waals surface area contributed by atoms with Crippen molar-refractivity contribution in [1.82, 2.24) is 4.98 Å². The fourth-order valence-corrected chi connectivity index (χ4v) is 5.58. The third-order valence-corrected chi connectivity index (χ3v) is 8.12. The SMILES string of the molecule is CCCCCCCCCCCCCCCCCC/[N+](CC)=C1C=N/C(=C2/C(=O)C(c3nc4ccccc4o3)=C2O)O/1. The molecule has 0 atom stereocenters. The molecule has 0 spiro atoms. The fourth-order valence-electron chi connectivity index (χ4n) is 5.58. The average molecular weight is 563 g/mol. The number of rotatable bonds is 19. The summed E-state index contributed by atoms with van der Waals surface area (Å²) in [5, 5.41) is 10.6. The van der Waals surface area contributed by atoms with Crippen molar-refractivity contribution in [2.45, 2.75) is 117 Å². The number of oxazole rings is 1. The first-order valence-corrected chi connectivity index (χ1v) is 16.1. The molecule has 0 saturated carbocycles. The molecular weight excluding hydrogens is 514 g/mol. The topological polar surface area (TPSA) is 87.9 Å². The molecule has 2 aromatic rings. The zero-order chi connectivity index (χ0) is 28.9. The normalized spacial score (nSPS) is 18.0. The van der Waals surface area contributed by atoms with E-state index in [-0.39, 0.29) is 34.5 Å². The maximum atomic E-state index is 12.9. The Balaban J connectivity index is 1.12. The Morgan fingerprint density at radius 3 is 1.93 bits per heavy atom. The zero-order valence-electron chi connectivity index (χ0n) is 25.1. The Morgan fingerprint density at radius 1 is 0.780 bits per heavy atom. The molecule has 2 aliphatic rings. The molecule has 0 saturated heterocycles. The van der Waals surface area contributed by atoms with E-state index in [2.05, 4.69) is 28.4 Å². The number of ether oxygens (including phenoxy) is 1. The van der Waals surface area contributed by atoms with E-state index in [1.54, 1.807) is 18.3 Å². The first kappa shape index (κ1) is 30.7. The second kappa shape index (κ2) is 16.3. The summed E-state index contributed by atoms with van der Waals surface area (Å²) in [5.41, 5.74) is 1.34. The van der Waals surface area contributed by atoms with Gasteiger partial charge in [0.05, 0.1) is 0 Å². The van der Waals surface area contributed by atoms with Crippen LogP contribution in [0.2, 0.25) is 0 Å². The summed E-state index contributed by atoms with van der Waals surface area (Å²) in [5.74, 6) is 0.307. The largest absolute Gasteiger partial charge is 0.506 e. The van der Waals surface area contributed by atoms with Crippen LogP contribution in [0.5, 0.6) is 0 Å². The molecule has 1 aromatic carbocycles. The van der Waals surface area contributed by atoms with Gasteiger partial charge < -0.3 is 14.3 Å². The molecule has 1 N–H and O–H groups in total. The van der Waals surface area contributed by atoms with Gasteiger partial charge in [-0.25, -0.2) is 9.98 Å². The van der Waals surface area contributed by atoms with E-state index in [1.807, 2.05) is 12.1 Å². The van der Waals surface area contributed by atoms with Gasteiger partial charge in [0.1, 0.15) is 41.7 Å². The first-order chi connectivity index (χ1) is 20.1. The number of para-hydroxylation sites is 2. The summed E-state index contributed by atoms with van der Waals surface area (Å²) >= 11 is 0. The summed E-state index contributed by atoms with van der Waals surface area (Å²) in [4.78, 5) is 21.5. The smallest absolute Gasteiger partial charge is 0.388 e. The monoisotopic (exact) mass is 562 g/mol. The van der Waals surface area contributed by atoms with Gasteiger partial charge >= 0.3 is 5.90 Å². The van der Waals surface area contributed by atoms with E-state index >= 15 is 0 Å². The van der Waals surface area contributed by atoms with Crippen molar-refractivity contribution in [2.24, 2.45) is 4.99 Å². The lowest BCUT2D eigenvalue weighted by molar-refractivity contribution is -0.530. The molecule has 1 aliphatic heterocycles. The van der Waals surface area contributed by atoms with Crippen molar-refractivity contribution in [1.29, 1.82) is 0 Å². The molecule has 1 aliphatic carbocycles. The zero-order valence-corrected chi connectivity index (χ0v) is 25.1. The van der Waals surface area contributed by atoms with Crippen molar-refractivity contribution in [2.75, 3.05) is 13.1 Å². The molecule has 0 radical (unpaired) electrons. The second-order valence-electron chi connectivity index (χ2n) is 11.3. The lowest BCUT2D eigenvalue weighted by Gasteiger charge is -2.18. The number of unbranched alkanes of at least 4 members (excludes halogenated alkanes) is 15. The Labute approximate surface area is 245 Å². The van der Waals surface area contributed by atoms with Crippen molar-refractivity contribution < 1.29 is 23.6 Å². The molecule has 0 amide bonds. The van der Waals surface area contributed by atoms with Crippen LogP contribution in [0.3, 0.4) is 0 Å². The summed E-state index contributed by atoms with van der Waals surface area (Å²) in [7, 11) is 0. The number of aliphatic imine (C=N–C) groups is 1. The van der Waals surface area contributed by atoms with E-state index in [1.165, 1.54) is 96.3 Å². The predicted octanol–water partition coefficient (Wildman–Crippen LogP) is 8.68. The van der Waals surface area contributed by atoms with Gasteiger partial charge in [0, 0.05) is 6.42 Å². The number of ketones is 1. The van der Waals surface area contributed by atoms with Crippen LogP contribution in [-0.4, -0.2) is 45.7 Å². The number of benzene rings is 1. The van der Waals surface area contributed by atoms with Gasteiger partial charge in [-0.15, -0.1) is 0 Å². The van der Waals surface area contributed by atoms with Crippen LogP contribution in [0.4, 0.5) is 0 Å². The Morgan fingerprint density at radius 2 is 1.37 bits per heavy atom. The van der Waals surface area contributed by atoms with E-state index in [0.717, 1.165) is 19.5 Å². The van der Waals surface area contributed by atoms with Crippen LogP contribution in [0, 0.1) is 0 Å². The van der Waals surface area contributed by atoms with Crippen molar-refractivity contribution in [3.63, 3.8) is 0 Å². The van der Waals surface area contributed by atoms with Crippen LogP contribution in [-0.2, 0) is 9.53 Å². The van der Waals surface area contributed by atoms with Gasteiger partial charge in [-0.1, -0.05) is 109 Å². The first-order valence-electron chi connectivity index (χ1n) is 16.1. The maximum Gasteiger partial charge on any atom is 0.388 e. The maximum absolute atomic E-state index is 12.9. The van der Waals surface area contributed by atoms with Gasteiger partial charge in [-0.2, -0.15) is 4.58 Å². The molecule has 2 heterocycles. The molecule has 222 valence electrons. The van der Waals surface area contributed by atoms with Crippen LogP contribution in [0.25, 0.3) is 16.7 Å². The highest BCUT2D eigenvalue weighted by Crippen LogP contribution is 2.39. The third-order valence-electron chi connectivity index (χ3n) is 8.12. The summed E-state index contributed by atoms with van der Waals surface area (Å²) in [6.07, 6.45) is 23.2. The molecular formula is C34H48N3O4+. The predicted molar refractivity (Wildman–Crippen MR) is 165 cm³/mol. The van der Waals surface area contributed by atoms with Gasteiger partial charge in [0.15, 0.2) is 5.58 Å². The van der Waals surface area contributed by atoms with Gasteiger partial charge in [0.25, 0.3) is 0 Å². The molecule has 0 bridgehead atoms. The number of aliphatic hydroxyl groups excluding tert-OH is 1. The van der Waals surface area contributed by atoms with E-state index in [0.29, 0.717) is 17.0 Å². The lowest BCUT2D eigenvalue weighted by Crippen LogP contribution is -2.25. The van der Waals surface area contributed by atoms with Crippen molar-refractivity contribution >= 4 is 34.6 Å². The van der Waals surface area contributed by atoms with Crippen molar-refractivity contribution in [3.05, 3.63) is 47.4 Å². The third kappa shape index (κ3) is 8.40. The van der Waals surface area contributed by atoms with Gasteiger partial charge in [0.2, 0.25) is 17.6 Å². The highest BCUT2D eigenvalue weighted by atomic mass is 16.5. The number of hydrogen-bond acceptors (Lipinski definition) is 6. The van der Waals surface area contributed by atoms with Crippen LogP contribution in [0.1, 0.15) is 122 Å².